The molecule has 1 amide bonds. The lowest BCUT2D eigenvalue weighted by Gasteiger charge is -2.20. The van der Waals surface area contributed by atoms with Crippen molar-refractivity contribution in [2.45, 2.75) is 26.3 Å². The van der Waals surface area contributed by atoms with Gasteiger partial charge in [-0.2, -0.15) is 0 Å². The normalized spacial score (nSPS) is 11.7. The number of allylic oxidation sites excluding steroid dienone is 1. The molecule has 5 N–H and O–H groups in total. The Balaban J connectivity index is 1.65. The number of nitrogens with one attached hydrogen (secondary N) is 3. The largest absolute Gasteiger partial charge is 0.484 e. The predicted molar refractivity (Wildman–Crippen MR) is 149 cm³/mol. The zero-order chi connectivity index (χ0) is 27.3. The second-order valence-electron chi connectivity index (χ2n) is 9.64. The average Bonchev–Trinajstić information content (AvgIpc) is 2.88. The molecule has 0 radical (unpaired) electrons. The molecule has 0 aliphatic carbocycles. The minimum Gasteiger partial charge on any atom is -0.484 e. The number of hydrogen-bond donors (Lipinski definition) is 4. The summed E-state index contributed by atoms with van der Waals surface area (Å²) in [5, 5.41) is 14.3. The predicted octanol–water partition coefficient (Wildman–Crippen LogP) is 5.42. The maximum absolute atomic E-state index is 14.1. The van der Waals surface area contributed by atoms with E-state index in [-0.39, 0.29) is 18.1 Å². The molecule has 0 saturated heterocycles. The van der Waals surface area contributed by atoms with Gasteiger partial charge < -0.3 is 26.5 Å². The smallest absolute Gasteiger partial charge is 0.258 e. The van der Waals surface area contributed by atoms with Crippen LogP contribution < -0.4 is 21.1 Å². The van der Waals surface area contributed by atoms with Crippen molar-refractivity contribution in [2.24, 2.45) is 5.73 Å². The fraction of sp³-hybridized carbons (Fsp3) is 0.172. The quantitative estimate of drug-likeness (QED) is 0.234. The molecule has 9 heteroatoms. The number of aromatic nitrogens is 2. The van der Waals surface area contributed by atoms with Gasteiger partial charge in [-0.15, -0.1) is 0 Å². The molecule has 0 aliphatic rings. The highest BCUT2D eigenvalue weighted by Crippen LogP contribution is 2.29. The van der Waals surface area contributed by atoms with Crippen LogP contribution in [0.3, 0.4) is 0 Å². The second kappa shape index (κ2) is 11.1. The summed E-state index contributed by atoms with van der Waals surface area (Å²) in [5.74, 6) is 0.702. The lowest BCUT2D eigenvalue weighted by Crippen LogP contribution is -2.43. The van der Waals surface area contributed by atoms with E-state index in [1.807, 2.05) is 51.1 Å². The van der Waals surface area contributed by atoms with Crippen molar-refractivity contribution >= 4 is 40.1 Å². The highest BCUT2D eigenvalue weighted by molar-refractivity contribution is 6.08. The van der Waals surface area contributed by atoms with E-state index in [1.54, 1.807) is 24.3 Å². The third-order valence-corrected chi connectivity index (χ3v) is 5.45. The summed E-state index contributed by atoms with van der Waals surface area (Å²) in [6, 6.07) is 18.8. The molecule has 0 aliphatic heterocycles. The van der Waals surface area contributed by atoms with E-state index >= 15 is 0 Å². The SMILES string of the molecule is CC(C)(C)NC(=O)COc1cccc(-c2nc(Nc3ccc(/C(C=N)=C/N)cc3)c3ccc(F)cc3n2)c1. The Morgan fingerprint density at radius 2 is 1.84 bits per heavy atom. The van der Waals surface area contributed by atoms with Crippen LogP contribution in [-0.4, -0.2) is 34.2 Å². The van der Waals surface area contributed by atoms with E-state index in [9.17, 15) is 9.18 Å². The molecule has 3 aromatic carbocycles. The zero-order valence-corrected chi connectivity index (χ0v) is 21.4. The molecule has 194 valence electrons. The van der Waals surface area contributed by atoms with Gasteiger partial charge >= 0.3 is 0 Å². The first-order chi connectivity index (χ1) is 18.1. The van der Waals surface area contributed by atoms with Gasteiger partial charge in [-0.1, -0.05) is 24.3 Å². The standard InChI is InChI=1S/C29H29FN6O2/c1-29(2,3)36-26(37)17-38-23-6-4-5-19(13-23)27-34-25-14-21(30)9-12-24(25)28(35-27)33-22-10-7-18(8-11-22)20(15-31)16-32/h4-16,31H,17,32H2,1-3H3,(H,36,37)(H,33,34,35)/b20-16+,31-15?. The molecule has 0 unspecified atom stereocenters. The molecule has 8 nitrogen and oxygen atoms in total. The van der Waals surface area contributed by atoms with Crippen molar-refractivity contribution in [1.82, 2.24) is 15.3 Å². The van der Waals surface area contributed by atoms with Crippen LogP contribution in [0.4, 0.5) is 15.9 Å². The van der Waals surface area contributed by atoms with Crippen LogP contribution in [0.25, 0.3) is 27.9 Å². The van der Waals surface area contributed by atoms with Crippen molar-refractivity contribution in [3.63, 3.8) is 0 Å². The number of benzene rings is 3. The van der Waals surface area contributed by atoms with Gasteiger partial charge in [0.1, 0.15) is 17.4 Å². The van der Waals surface area contributed by atoms with Crippen LogP contribution >= 0.6 is 0 Å². The van der Waals surface area contributed by atoms with Crippen molar-refractivity contribution in [3.8, 4) is 17.1 Å². The van der Waals surface area contributed by atoms with E-state index in [2.05, 4.69) is 15.6 Å². The maximum atomic E-state index is 14.1. The van der Waals surface area contributed by atoms with Crippen LogP contribution in [0.1, 0.15) is 26.3 Å². The first-order valence-corrected chi connectivity index (χ1v) is 12.0. The molecular formula is C29H29FN6O2. The number of hydrogen-bond acceptors (Lipinski definition) is 7. The number of halogens is 1. The highest BCUT2D eigenvalue weighted by atomic mass is 19.1. The number of nitrogens with two attached hydrogens (primary N) is 1. The Hall–Kier alpha value is -4.79. The molecule has 4 aromatic rings. The number of carbonyl (C=O) groups excluding carboxylic acids is 1. The number of nitrogens with zero attached hydrogens (tertiary/aromatic N) is 2. The molecule has 1 heterocycles. The van der Waals surface area contributed by atoms with Crippen LogP contribution in [-0.2, 0) is 4.79 Å². The summed E-state index contributed by atoms with van der Waals surface area (Å²) < 4.78 is 19.8. The number of anilines is 2. The molecule has 0 spiro atoms. The first kappa shape index (κ1) is 26.3. The van der Waals surface area contributed by atoms with Crippen LogP contribution in [0.2, 0.25) is 0 Å². The van der Waals surface area contributed by atoms with Crippen molar-refractivity contribution in [1.29, 1.82) is 5.41 Å². The fourth-order valence-electron chi connectivity index (χ4n) is 3.77. The Labute approximate surface area is 220 Å². The van der Waals surface area contributed by atoms with Gasteiger partial charge in [-0.3, -0.25) is 4.79 Å². The van der Waals surface area contributed by atoms with Crippen LogP contribution in [0.15, 0.2) is 72.9 Å². The summed E-state index contributed by atoms with van der Waals surface area (Å²) in [5.41, 5.74) is 8.45. The van der Waals surface area contributed by atoms with E-state index in [0.29, 0.717) is 39.4 Å². The minimum atomic E-state index is -0.410. The van der Waals surface area contributed by atoms with E-state index < -0.39 is 5.82 Å². The van der Waals surface area contributed by atoms with Crippen LogP contribution in [0, 0.1) is 11.2 Å². The summed E-state index contributed by atoms with van der Waals surface area (Å²) in [4.78, 5) is 21.5. The fourth-order valence-corrected chi connectivity index (χ4v) is 3.77. The number of ether oxygens (including phenoxy) is 1. The third-order valence-electron chi connectivity index (χ3n) is 5.45. The highest BCUT2D eigenvalue weighted by Gasteiger charge is 2.15. The van der Waals surface area contributed by atoms with Gasteiger partial charge in [0, 0.05) is 46.2 Å². The zero-order valence-electron chi connectivity index (χ0n) is 21.4. The number of rotatable bonds is 8. The van der Waals surface area contributed by atoms with E-state index in [1.165, 1.54) is 24.5 Å². The van der Waals surface area contributed by atoms with Crippen molar-refractivity contribution in [3.05, 3.63) is 84.3 Å². The lowest BCUT2D eigenvalue weighted by atomic mass is 10.1. The molecule has 4 rings (SSSR count). The second-order valence-corrected chi connectivity index (χ2v) is 9.64. The van der Waals surface area contributed by atoms with Gasteiger partial charge in [0.2, 0.25) is 0 Å². The molecule has 0 fully saturated rings. The minimum absolute atomic E-state index is 0.133. The Kier molecular flexibility index (Phi) is 7.66. The summed E-state index contributed by atoms with van der Waals surface area (Å²) in [6.07, 6.45) is 2.57. The van der Waals surface area contributed by atoms with E-state index in [0.717, 1.165) is 11.3 Å². The van der Waals surface area contributed by atoms with Crippen LogP contribution in [0.5, 0.6) is 5.75 Å². The lowest BCUT2D eigenvalue weighted by molar-refractivity contribution is -0.124. The molecular weight excluding hydrogens is 483 g/mol. The van der Waals surface area contributed by atoms with E-state index in [4.69, 9.17) is 20.9 Å². The third kappa shape index (κ3) is 6.50. The molecule has 0 saturated carbocycles. The monoisotopic (exact) mass is 512 g/mol. The van der Waals surface area contributed by atoms with Gasteiger partial charge in [0.15, 0.2) is 12.4 Å². The summed E-state index contributed by atoms with van der Waals surface area (Å²) >= 11 is 0. The molecule has 1 aromatic heterocycles. The number of fused-ring (bicyclic) bond motifs is 1. The molecule has 0 atom stereocenters. The van der Waals surface area contributed by atoms with Gasteiger partial charge in [0.05, 0.1) is 5.52 Å². The Bertz CT molecular complexity index is 1510. The van der Waals surface area contributed by atoms with Gasteiger partial charge in [-0.25, -0.2) is 14.4 Å². The first-order valence-electron chi connectivity index (χ1n) is 12.0. The van der Waals surface area contributed by atoms with Gasteiger partial charge in [-0.05, 0) is 62.7 Å². The summed E-state index contributed by atoms with van der Waals surface area (Å²) in [7, 11) is 0. The van der Waals surface area contributed by atoms with Crippen molar-refractivity contribution in [2.75, 3.05) is 11.9 Å². The average molecular weight is 513 g/mol. The Morgan fingerprint density at radius 3 is 2.53 bits per heavy atom. The summed E-state index contributed by atoms with van der Waals surface area (Å²) in [6.45, 7) is 5.56. The Morgan fingerprint density at radius 1 is 1.08 bits per heavy atom. The number of carbonyl (C=O) groups is 1. The van der Waals surface area contributed by atoms with Gasteiger partial charge in [0.25, 0.3) is 5.91 Å². The topological polar surface area (TPSA) is 126 Å². The number of amides is 1. The molecule has 38 heavy (non-hydrogen) atoms. The van der Waals surface area contributed by atoms with Crippen molar-refractivity contribution < 1.29 is 13.9 Å². The molecule has 0 bridgehead atoms. The maximum Gasteiger partial charge on any atom is 0.258 e.